The molecule has 0 aliphatic carbocycles. The standard InChI is InChI=1S/C18H15NO/c1-20-16-11-9-14(10-12-16)13-19-18-8-4-6-15-5-2-3-7-17(15)18/h2-13H,1H3. The van der Waals surface area contributed by atoms with Gasteiger partial charge in [0.25, 0.3) is 0 Å². The first-order valence-electron chi connectivity index (χ1n) is 6.53. The van der Waals surface area contributed by atoms with Gasteiger partial charge in [-0.2, -0.15) is 0 Å². The topological polar surface area (TPSA) is 21.6 Å². The molecule has 0 aliphatic rings. The number of nitrogens with zero attached hydrogens (tertiary/aromatic N) is 1. The molecule has 0 unspecified atom stereocenters. The molecular weight excluding hydrogens is 246 g/mol. The molecule has 2 nitrogen and oxygen atoms in total. The molecular formula is C18H15NO. The molecule has 0 N–H and O–H groups in total. The summed E-state index contributed by atoms with van der Waals surface area (Å²) in [6, 6.07) is 22.3. The fraction of sp³-hybridized carbons (Fsp3) is 0.0556. The summed E-state index contributed by atoms with van der Waals surface area (Å²) in [4.78, 5) is 4.59. The monoisotopic (exact) mass is 261 g/mol. The Kier molecular flexibility index (Phi) is 3.46. The summed E-state index contributed by atoms with van der Waals surface area (Å²) in [5.74, 6) is 0.854. The zero-order chi connectivity index (χ0) is 13.8. The zero-order valence-corrected chi connectivity index (χ0v) is 11.3. The van der Waals surface area contributed by atoms with Crippen LogP contribution in [0.15, 0.2) is 71.7 Å². The van der Waals surface area contributed by atoms with Gasteiger partial charge in [-0.05, 0) is 41.3 Å². The van der Waals surface area contributed by atoms with Crippen molar-refractivity contribution in [1.82, 2.24) is 0 Å². The fourth-order valence-electron chi connectivity index (χ4n) is 2.15. The molecule has 0 fully saturated rings. The Labute approximate surface area is 118 Å². The van der Waals surface area contributed by atoms with E-state index in [1.165, 1.54) is 10.8 Å². The van der Waals surface area contributed by atoms with Crippen LogP contribution in [0.4, 0.5) is 5.69 Å². The molecule has 0 radical (unpaired) electrons. The van der Waals surface area contributed by atoms with Gasteiger partial charge in [0.1, 0.15) is 5.75 Å². The predicted octanol–water partition coefficient (Wildman–Crippen LogP) is 4.60. The third kappa shape index (κ3) is 2.54. The summed E-state index contributed by atoms with van der Waals surface area (Å²) in [6.45, 7) is 0. The number of hydrogen-bond acceptors (Lipinski definition) is 2. The van der Waals surface area contributed by atoms with E-state index >= 15 is 0 Å². The Hall–Kier alpha value is -2.61. The summed E-state index contributed by atoms with van der Waals surface area (Å²) >= 11 is 0. The molecule has 3 aromatic carbocycles. The molecule has 20 heavy (non-hydrogen) atoms. The van der Waals surface area contributed by atoms with Gasteiger partial charge in [0.15, 0.2) is 0 Å². The minimum Gasteiger partial charge on any atom is -0.497 e. The molecule has 3 aromatic rings. The lowest BCUT2D eigenvalue weighted by Gasteiger charge is -2.02. The minimum atomic E-state index is 0.854. The molecule has 0 aliphatic heterocycles. The van der Waals surface area contributed by atoms with Crippen LogP contribution in [0.1, 0.15) is 5.56 Å². The first kappa shape index (κ1) is 12.4. The highest BCUT2D eigenvalue weighted by molar-refractivity contribution is 5.95. The van der Waals surface area contributed by atoms with Crippen LogP contribution in [0.5, 0.6) is 5.75 Å². The van der Waals surface area contributed by atoms with Crippen LogP contribution in [0.2, 0.25) is 0 Å². The van der Waals surface area contributed by atoms with E-state index in [2.05, 4.69) is 23.2 Å². The molecule has 3 rings (SSSR count). The minimum absolute atomic E-state index is 0.854. The fourth-order valence-corrected chi connectivity index (χ4v) is 2.15. The van der Waals surface area contributed by atoms with E-state index in [0.29, 0.717) is 0 Å². The van der Waals surface area contributed by atoms with Crippen LogP contribution < -0.4 is 4.74 Å². The maximum Gasteiger partial charge on any atom is 0.118 e. The summed E-state index contributed by atoms with van der Waals surface area (Å²) in [5, 5.41) is 2.37. The molecule has 0 aromatic heterocycles. The van der Waals surface area contributed by atoms with Crippen molar-refractivity contribution >= 4 is 22.7 Å². The Morgan fingerprint density at radius 3 is 2.40 bits per heavy atom. The van der Waals surface area contributed by atoms with Crippen molar-refractivity contribution in [3.05, 3.63) is 72.3 Å². The number of aliphatic imine (C=N–C) groups is 1. The van der Waals surface area contributed by atoms with Crippen LogP contribution in [-0.2, 0) is 0 Å². The third-order valence-corrected chi connectivity index (χ3v) is 3.24. The lowest BCUT2D eigenvalue weighted by atomic mass is 10.1. The maximum absolute atomic E-state index is 5.15. The van der Waals surface area contributed by atoms with Gasteiger partial charge in [0.05, 0.1) is 12.8 Å². The van der Waals surface area contributed by atoms with E-state index in [0.717, 1.165) is 17.0 Å². The van der Waals surface area contributed by atoms with Crippen molar-refractivity contribution < 1.29 is 4.74 Å². The second-order valence-corrected chi connectivity index (χ2v) is 4.53. The highest BCUT2D eigenvalue weighted by atomic mass is 16.5. The Bertz CT molecular complexity index is 739. The van der Waals surface area contributed by atoms with E-state index in [1.54, 1.807) is 7.11 Å². The van der Waals surface area contributed by atoms with Crippen LogP contribution in [-0.4, -0.2) is 13.3 Å². The summed E-state index contributed by atoms with van der Waals surface area (Å²) in [6.07, 6.45) is 1.88. The first-order chi connectivity index (χ1) is 9.86. The van der Waals surface area contributed by atoms with Gasteiger partial charge in [-0.25, -0.2) is 0 Å². The lowest BCUT2D eigenvalue weighted by Crippen LogP contribution is -1.84. The maximum atomic E-state index is 5.15. The van der Waals surface area contributed by atoms with Gasteiger partial charge in [0, 0.05) is 11.6 Å². The summed E-state index contributed by atoms with van der Waals surface area (Å²) < 4.78 is 5.15. The highest BCUT2D eigenvalue weighted by Crippen LogP contribution is 2.25. The van der Waals surface area contributed by atoms with Crippen molar-refractivity contribution in [3.63, 3.8) is 0 Å². The van der Waals surface area contributed by atoms with E-state index in [-0.39, 0.29) is 0 Å². The average Bonchev–Trinajstić information content (AvgIpc) is 2.53. The smallest absolute Gasteiger partial charge is 0.118 e. The molecule has 0 spiro atoms. The Morgan fingerprint density at radius 1 is 0.850 bits per heavy atom. The van der Waals surface area contributed by atoms with Crippen molar-refractivity contribution in [2.24, 2.45) is 4.99 Å². The lowest BCUT2D eigenvalue weighted by molar-refractivity contribution is 0.415. The van der Waals surface area contributed by atoms with Crippen LogP contribution in [0, 0.1) is 0 Å². The van der Waals surface area contributed by atoms with E-state index < -0.39 is 0 Å². The average molecular weight is 261 g/mol. The molecule has 0 heterocycles. The SMILES string of the molecule is COc1ccc(C=Nc2cccc3ccccc23)cc1. The Morgan fingerprint density at radius 2 is 1.60 bits per heavy atom. The quantitative estimate of drug-likeness (QED) is 0.631. The first-order valence-corrected chi connectivity index (χ1v) is 6.53. The largest absolute Gasteiger partial charge is 0.497 e. The predicted molar refractivity (Wildman–Crippen MR) is 84.2 cm³/mol. The Balaban J connectivity index is 1.93. The molecule has 0 atom stereocenters. The second kappa shape index (κ2) is 5.57. The van der Waals surface area contributed by atoms with Crippen molar-refractivity contribution in [3.8, 4) is 5.75 Å². The molecule has 0 amide bonds. The van der Waals surface area contributed by atoms with E-state index in [1.807, 2.05) is 54.7 Å². The van der Waals surface area contributed by atoms with Crippen molar-refractivity contribution in [1.29, 1.82) is 0 Å². The van der Waals surface area contributed by atoms with Crippen LogP contribution in [0.25, 0.3) is 10.8 Å². The van der Waals surface area contributed by atoms with Gasteiger partial charge in [-0.1, -0.05) is 36.4 Å². The van der Waals surface area contributed by atoms with Crippen molar-refractivity contribution in [2.45, 2.75) is 0 Å². The second-order valence-electron chi connectivity index (χ2n) is 4.53. The summed E-state index contributed by atoms with van der Waals surface area (Å²) in [7, 11) is 1.67. The summed E-state index contributed by atoms with van der Waals surface area (Å²) in [5.41, 5.74) is 2.04. The normalized spacial score (nSPS) is 11.1. The number of benzene rings is 3. The number of fused-ring (bicyclic) bond motifs is 1. The van der Waals surface area contributed by atoms with Gasteiger partial charge in [-0.3, -0.25) is 4.99 Å². The van der Waals surface area contributed by atoms with Gasteiger partial charge in [-0.15, -0.1) is 0 Å². The molecule has 0 bridgehead atoms. The molecule has 0 saturated heterocycles. The van der Waals surface area contributed by atoms with E-state index in [9.17, 15) is 0 Å². The number of ether oxygens (including phenoxy) is 1. The van der Waals surface area contributed by atoms with Crippen LogP contribution >= 0.6 is 0 Å². The third-order valence-electron chi connectivity index (χ3n) is 3.24. The number of rotatable bonds is 3. The number of methoxy groups -OCH3 is 1. The van der Waals surface area contributed by atoms with Gasteiger partial charge >= 0.3 is 0 Å². The highest BCUT2D eigenvalue weighted by Gasteiger charge is 1.97. The molecule has 2 heteroatoms. The van der Waals surface area contributed by atoms with Crippen molar-refractivity contribution in [2.75, 3.05) is 7.11 Å². The molecule has 0 saturated carbocycles. The van der Waals surface area contributed by atoms with E-state index in [4.69, 9.17) is 4.74 Å². The van der Waals surface area contributed by atoms with Gasteiger partial charge < -0.3 is 4.74 Å². The zero-order valence-electron chi connectivity index (χ0n) is 11.3. The number of hydrogen-bond donors (Lipinski definition) is 0. The van der Waals surface area contributed by atoms with Crippen LogP contribution in [0.3, 0.4) is 0 Å². The van der Waals surface area contributed by atoms with Gasteiger partial charge in [0.2, 0.25) is 0 Å². The molecule has 98 valence electrons.